The van der Waals surface area contributed by atoms with Gasteiger partial charge in [0, 0.05) is 10.4 Å². The van der Waals surface area contributed by atoms with Gasteiger partial charge >= 0.3 is 0 Å². The smallest absolute Gasteiger partial charge is 0.265 e. The Kier molecular flexibility index (Phi) is 4.23. The van der Waals surface area contributed by atoms with Crippen LogP contribution in [-0.2, 0) is 14.3 Å². The van der Waals surface area contributed by atoms with Crippen LogP contribution in [0.2, 0.25) is 0 Å². The van der Waals surface area contributed by atoms with Crippen molar-refractivity contribution in [2.24, 2.45) is 0 Å². The van der Waals surface area contributed by atoms with E-state index in [1.54, 1.807) is 12.1 Å². The van der Waals surface area contributed by atoms with Crippen LogP contribution in [0, 0.1) is 0 Å². The van der Waals surface area contributed by atoms with Crippen molar-refractivity contribution in [3.05, 3.63) is 88.4 Å². The number of rotatable bonds is 4. The molecule has 3 aromatic carbocycles. The van der Waals surface area contributed by atoms with Gasteiger partial charge in [0.2, 0.25) is 0 Å². The van der Waals surface area contributed by atoms with Crippen molar-refractivity contribution in [1.29, 1.82) is 0 Å². The molecule has 0 saturated carbocycles. The molecular weight excluding hydrogens is 400 g/mol. The summed E-state index contributed by atoms with van der Waals surface area (Å²) in [6.07, 6.45) is 0. The van der Waals surface area contributed by atoms with E-state index in [0.29, 0.717) is 0 Å². The van der Waals surface area contributed by atoms with Crippen LogP contribution in [-0.4, -0.2) is 15.0 Å². The number of halogens is 1. The summed E-state index contributed by atoms with van der Waals surface area (Å²) in [6, 6.07) is 22.6. The minimum Gasteiger partial charge on any atom is -0.265 e. The van der Waals surface area contributed by atoms with E-state index in [-0.39, 0.29) is 17.4 Å². The molecule has 1 aliphatic rings. The van der Waals surface area contributed by atoms with Crippen molar-refractivity contribution in [3.63, 3.8) is 0 Å². The molecule has 4 rings (SSSR count). The second-order valence-corrected chi connectivity index (χ2v) is 8.45. The van der Waals surface area contributed by atoms with E-state index in [1.165, 1.54) is 12.1 Å². The SMILES string of the molecule is O=S(=O)(OCC1c2ccccc2-c2ccccc21)c1ccc(Br)cc1. The molecule has 0 unspecified atom stereocenters. The average molecular weight is 415 g/mol. The van der Waals surface area contributed by atoms with E-state index in [9.17, 15) is 8.42 Å². The lowest BCUT2D eigenvalue weighted by Gasteiger charge is -2.14. The van der Waals surface area contributed by atoms with Crippen molar-refractivity contribution >= 4 is 26.0 Å². The van der Waals surface area contributed by atoms with E-state index >= 15 is 0 Å². The van der Waals surface area contributed by atoms with Crippen LogP contribution in [0.25, 0.3) is 11.1 Å². The zero-order valence-corrected chi connectivity index (χ0v) is 15.6. The van der Waals surface area contributed by atoms with E-state index in [1.807, 2.05) is 36.4 Å². The van der Waals surface area contributed by atoms with Crippen LogP contribution in [0.4, 0.5) is 0 Å². The number of hydrogen-bond acceptors (Lipinski definition) is 3. The maximum atomic E-state index is 12.5. The first kappa shape index (κ1) is 16.5. The highest BCUT2D eigenvalue weighted by atomic mass is 79.9. The van der Waals surface area contributed by atoms with Crippen molar-refractivity contribution in [3.8, 4) is 11.1 Å². The molecule has 0 aliphatic heterocycles. The van der Waals surface area contributed by atoms with Gasteiger partial charge in [0.15, 0.2) is 0 Å². The Hall–Kier alpha value is -1.95. The molecular formula is C20H15BrO3S. The van der Waals surface area contributed by atoms with Gasteiger partial charge in [-0.2, -0.15) is 8.42 Å². The highest BCUT2D eigenvalue weighted by Crippen LogP contribution is 2.44. The first-order chi connectivity index (χ1) is 12.1. The average Bonchev–Trinajstić information content (AvgIpc) is 2.94. The molecule has 0 aromatic heterocycles. The Bertz CT molecular complexity index is 981. The van der Waals surface area contributed by atoms with Gasteiger partial charge in [0.1, 0.15) is 0 Å². The summed E-state index contributed by atoms with van der Waals surface area (Å²) in [5.41, 5.74) is 4.50. The molecule has 5 heteroatoms. The Morgan fingerprint density at radius 2 is 1.32 bits per heavy atom. The third-order valence-corrected chi connectivity index (χ3v) is 6.28. The predicted molar refractivity (Wildman–Crippen MR) is 101 cm³/mol. The normalized spacial score (nSPS) is 13.5. The van der Waals surface area contributed by atoms with Crippen molar-refractivity contribution in [1.82, 2.24) is 0 Å². The molecule has 25 heavy (non-hydrogen) atoms. The first-order valence-corrected chi connectivity index (χ1v) is 10.1. The third kappa shape index (κ3) is 3.03. The summed E-state index contributed by atoms with van der Waals surface area (Å²) >= 11 is 3.31. The zero-order chi connectivity index (χ0) is 17.4. The van der Waals surface area contributed by atoms with Gasteiger partial charge in [-0.3, -0.25) is 4.18 Å². The molecule has 1 aliphatic carbocycles. The zero-order valence-electron chi connectivity index (χ0n) is 13.2. The molecule has 0 atom stereocenters. The van der Waals surface area contributed by atoms with Crippen molar-refractivity contribution in [2.75, 3.05) is 6.61 Å². The minimum absolute atomic E-state index is 0.0855. The minimum atomic E-state index is -3.79. The van der Waals surface area contributed by atoms with Gasteiger partial charge in [0.05, 0.1) is 11.5 Å². The fourth-order valence-corrected chi connectivity index (χ4v) is 4.45. The summed E-state index contributed by atoms with van der Waals surface area (Å²) in [6.45, 7) is 0.0897. The number of benzene rings is 3. The summed E-state index contributed by atoms with van der Waals surface area (Å²) in [5.74, 6) is -0.0855. The molecule has 0 saturated heterocycles. The molecule has 3 aromatic rings. The van der Waals surface area contributed by atoms with Gasteiger partial charge in [-0.25, -0.2) is 0 Å². The van der Waals surface area contributed by atoms with Crippen LogP contribution in [0.15, 0.2) is 82.2 Å². The summed E-state index contributed by atoms with van der Waals surface area (Å²) in [4.78, 5) is 0.162. The molecule has 0 spiro atoms. The van der Waals surface area contributed by atoms with Crippen molar-refractivity contribution in [2.45, 2.75) is 10.8 Å². The molecule has 0 radical (unpaired) electrons. The second kappa shape index (κ2) is 6.41. The van der Waals surface area contributed by atoms with Crippen LogP contribution in [0.1, 0.15) is 17.0 Å². The Balaban J connectivity index is 1.64. The summed E-state index contributed by atoms with van der Waals surface area (Å²) in [5, 5.41) is 0. The molecule has 126 valence electrons. The molecule has 3 nitrogen and oxygen atoms in total. The maximum absolute atomic E-state index is 12.5. The standard InChI is InChI=1S/C20H15BrO3S/c21-14-9-11-15(12-10-14)25(22,23)24-13-20-18-7-3-1-5-16(18)17-6-2-4-8-19(17)20/h1-12,20H,13H2. The molecule has 0 fully saturated rings. The predicted octanol–water partition coefficient (Wildman–Crippen LogP) is 4.97. The van der Waals surface area contributed by atoms with E-state index in [4.69, 9.17) is 4.18 Å². The molecule has 0 heterocycles. The van der Waals surface area contributed by atoms with Gasteiger partial charge in [-0.15, -0.1) is 0 Å². The third-order valence-electron chi connectivity index (χ3n) is 4.45. The highest BCUT2D eigenvalue weighted by molar-refractivity contribution is 9.10. The molecule has 0 amide bonds. The van der Waals surface area contributed by atoms with Crippen LogP contribution < -0.4 is 0 Å². The maximum Gasteiger partial charge on any atom is 0.297 e. The Morgan fingerprint density at radius 3 is 1.88 bits per heavy atom. The monoisotopic (exact) mass is 414 g/mol. The quantitative estimate of drug-likeness (QED) is 0.566. The first-order valence-electron chi connectivity index (χ1n) is 7.89. The highest BCUT2D eigenvalue weighted by Gasteiger charge is 2.30. The fourth-order valence-electron chi connectivity index (χ4n) is 3.27. The molecule has 0 bridgehead atoms. The topological polar surface area (TPSA) is 43.4 Å². The Labute approximate surface area is 155 Å². The fraction of sp³-hybridized carbons (Fsp3) is 0.100. The second-order valence-electron chi connectivity index (χ2n) is 5.92. The summed E-state index contributed by atoms with van der Waals surface area (Å²) in [7, 11) is -3.79. The van der Waals surface area contributed by atoms with Gasteiger partial charge in [-0.05, 0) is 46.5 Å². The largest absolute Gasteiger partial charge is 0.297 e. The number of hydrogen-bond donors (Lipinski definition) is 0. The van der Waals surface area contributed by atoms with Crippen LogP contribution in [0.5, 0.6) is 0 Å². The number of fused-ring (bicyclic) bond motifs is 3. The Morgan fingerprint density at radius 1 is 0.800 bits per heavy atom. The van der Waals surface area contributed by atoms with Crippen LogP contribution >= 0.6 is 15.9 Å². The van der Waals surface area contributed by atoms with Gasteiger partial charge in [0.25, 0.3) is 10.1 Å². The molecule has 0 N–H and O–H groups in total. The van der Waals surface area contributed by atoms with Crippen molar-refractivity contribution < 1.29 is 12.6 Å². The van der Waals surface area contributed by atoms with E-state index < -0.39 is 10.1 Å². The lowest BCUT2D eigenvalue weighted by Crippen LogP contribution is -2.13. The summed E-state index contributed by atoms with van der Waals surface area (Å²) < 4.78 is 31.2. The lowest BCUT2D eigenvalue weighted by atomic mass is 9.98. The van der Waals surface area contributed by atoms with E-state index in [2.05, 4.69) is 28.1 Å². The van der Waals surface area contributed by atoms with Gasteiger partial charge < -0.3 is 0 Å². The van der Waals surface area contributed by atoms with Gasteiger partial charge in [-0.1, -0.05) is 64.5 Å². The lowest BCUT2D eigenvalue weighted by molar-refractivity contribution is 0.307. The van der Waals surface area contributed by atoms with Crippen LogP contribution in [0.3, 0.4) is 0 Å². The van der Waals surface area contributed by atoms with E-state index in [0.717, 1.165) is 26.7 Å².